The number of hydrogen-bond donors (Lipinski definition) is 0. The minimum Gasteiger partial charge on any atom is -0.309 e. The van der Waals surface area contributed by atoms with Crippen molar-refractivity contribution >= 4 is 65.4 Å². The third-order valence-electron chi connectivity index (χ3n) is 13.7. The van der Waals surface area contributed by atoms with Crippen LogP contribution in [-0.2, 0) is 0 Å². The zero-order valence-electron chi connectivity index (χ0n) is 37.6. The van der Waals surface area contributed by atoms with Crippen LogP contribution in [0.25, 0.3) is 128 Å². The second kappa shape index (κ2) is 15.8. The highest BCUT2D eigenvalue weighted by molar-refractivity contribution is 6.14. The maximum Gasteiger partial charge on any atom is 0.166 e. The van der Waals surface area contributed by atoms with Gasteiger partial charge in [0.1, 0.15) is 5.82 Å². The number of benzene rings is 10. The van der Waals surface area contributed by atoms with Crippen LogP contribution in [0.4, 0.5) is 4.39 Å². The maximum absolute atomic E-state index is 15.1. The minimum atomic E-state index is -0.298. The molecule has 328 valence electrons. The Morgan fingerprint density at radius 2 is 0.671 bits per heavy atom. The van der Waals surface area contributed by atoms with E-state index in [0.29, 0.717) is 17.5 Å². The third-order valence-corrected chi connectivity index (χ3v) is 13.7. The van der Waals surface area contributed by atoms with E-state index < -0.39 is 0 Å². The van der Waals surface area contributed by atoms with Crippen molar-refractivity contribution in [3.63, 3.8) is 0 Å². The molecule has 0 bridgehead atoms. The van der Waals surface area contributed by atoms with Gasteiger partial charge in [-0.1, -0.05) is 152 Å². The molecule has 0 fully saturated rings. The number of para-hydroxylation sites is 4. The summed E-state index contributed by atoms with van der Waals surface area (Å²) in [4.78, 5) is 15.6. The Balaban J connectivity index is 1.09. The largest absolute Gasteiger partial charge is 0.309 e. The molecule has 0 radical (unpaired) electrons. The second-order valence-electron chi connectivity index (χ2n) is 17.8. The summed E-state index contributed by atoms with van der Waals surface area (Å²) in [6, 6.07) is 81.3. The van der Waals surface area contributed by atoms with Crippen LogP contribution in [0.1, 0.15) is 0 Å². The van der Waals surface area contributed by atoms with Gasteiger partial charge in [-0.15, -0.1) is 0 Å². The summed E-state index contributed by atoms with van der Waals surface area (Å²) in [6.45, 7) is 0. The first-order chi connectivity index (χ1) is 34.6. The highest BCUT2D eigenvalue weighted by Gasteiger charge is 2.23. The molecule has 14 rings (SSSR count). The first kappa shape index (κ1) is 39.7. The minimum absolute atomic E-state index is 0.298. The molecule has 0 aliphatic rings. The molecule has 0 aliphatic heterocycles. The van der Waals surface area contributed by atoms with E-state index in [4.69, 9.17) is 15.0 Å². The predicted octanol–water partition coefficient (Wildman–Crippen LogP) is 16.0. The lowest BCUT2D eigenvalue weighted by atomic mass is 10.0. The van der Waals surface area contributed by atoms with E-state index in [0.717, 1.165) is 88.8 Å². The average molecular weight is 899 g/mol. The van der Waals surface area contributed by atoms with E-state index in [1.54, 1.807) is 12.1 Å². The van der Waals surface area contributed by atoms with Gasteiger partial charge in [0.25, 0.3) is 0 Å². The molecule has 0 atom stereocenters. The molecule has 0 spiro atoms. The van der Waals surface area contributed by atoms with Gasteiger partial charge >= 0.3 is 0 Å². The molecular formula is C63H39FN6. The van der Waals surface area contributed by atoms with Gasteiger partial charge in [-0.2, -0.15) is 0 Å². The number of hydrogen-bond acceptors (Lipinski definition) is 3. The van der Waals surface area contributed by atoms with Crippen molar-refractivity contribution in [1.82, 2.24) is 28.7 Å². The molecule has 0 N–H and O–H groups in total. The SMILES string of the molecule is Fc1cccc(-c2ccc(-c3nc(-c4ccccc4)nc(-c4ccccc4)n3)c(-n3c4ccc(-n5c6ccccc6c6ccccc65)cc4c4cc(-n5c6ccccc6c6ccccc65)ccc43)c2)c1. The molecule has 0 amide bonds. The van der Waals surface area contributed by atoms with Crippen LogP contribution in [0, 0.1) is 5.82 Å². The molecule has 10 aromatic carbocycles. The molecule has 4 aromatic heterocycles. The Hall–Kier alpha value is -9.46. The summed E-state index contributed by atoms with van der Waals surface area (Å²) in [7, 11) is 0. The number of fused-ring (bicyclic) bond motifs is 9. The van der Waals surface area contributed by atoms with Crippen LogP contribution in [0.5, 0.6) is 0 Å². The van der Waals surface area contributed by atoms with Gasteiger partial charge in [-0.3, -0.25) is 0 Å². The second-order valence-corrected chi connectivity index (χ2v) is 17.8. The van der Waals surface area contributed by atoms with Crippen LogP contribution in [0.2, 0.25) is 0 Å². The average Bonchev–Trinajstić information content (AvgIpc) is 4.06. The maximum atomic E-state index is 15.1. The lowest BCUT2D eigenvalue weighted by molar-refractivity contribution is 0.628. The molecule has 4 heterocycles. The number of nitrogens with zero attached hydrogens (tertiary/aromatic N) is 6. The van der Waals surface area contributed by atoms with Gasteiger partial charge in [0, 0.05) is 60.4 Å². The highest BCUT2D eigenvalue weighted by atomic mass is 19.1. The molecular weight excluding hydrogens is 860 g/mol. The number of rotatable bonds is 7. The van der Waals surface area contributed by atoms with Crippen molar-refractivity contribution in [1.29, 1.82) is 0 Å². The normalized spacial score (nSPS) is 11.8. The molecule has 6 nitrogen and oxygen atoms in total. The zero-order valence-corrected chi connectivity index (χ0v) is 37.6. The van der Waals surface area contributed by atoms with Gasteiger partial charge in [-0.25, -0.2) is 19.3 Å². The van der Waals surface area contributed by atoms with E-state index in [-0.39, 0.29) is 5.82 Å². The Labute approximate surface area is 401 Å². The van der Waals surface area contributed by atoms with Crippen LogP contribution in [-0.4, -0.2) is 28.7 Å². The van der Waals surface area contributed by atoms with Crippen LogP contribution < -0.4 is 0 Å². The van der Waals surface area contributed by atoms with E-state index in [1.807, 2.05) is 72.8 Å². The van der Waals surface area contributed by atoms with Crippen LogP contribution >= 0.6 is 0 Å². The van der Waals surface area contributed by atoms with Gasteiger partial charge in [-0.05, 0) is 96.1 Å². The predicted molar refractivity (Wildman–Crippen MR) is 285 cm³/mol. The van der Waals surface area contributed by atoms with Crippen molar-refractivity contribution in [2.75, 3.05) is 0 Å². The summed E-state index contributed by atoms with van der Waals surface area (Å²) < 4.78 is 22.1. The quantitative estimate of drug-likeness (QED) is 0.160. The first-order valence-corrected chi connectivity index (χ1v) is 23.5. The van der Waals surface area contributed by atoms with E-state index >= 15 is 4.39 Å². The summed E-state index contributed by atoms with van der Waals surface area (Å²) in [5.74, 6) is 1.36. The van der Waals surface area contributed by atoms with Crippen LogP contribution in [0.15, 0.2) is 237 Å². The summed E-state index contributed by atoms with van der Waals surface area (Å²) >= 11 is 0. The molecule has 14 aromatic rings. The van der Waals surface area contributed by atoms with Crippen molar-refractivity contribution in [3.05, 3.63) is 242 Å². The topological polar surface area (TPSA) is 53.5 Å². The smallest absolute Gasteiger partial charge is 0.166 e. The van der Waals surface area contributed by atoms with Crippen molar-refractivity contribution in [2.45, 2.75) is 0 Å². The fraction of sp³-hybridized carbons (Fsp3) is 0. The summed E-state index contributed by atoms with van der Waals surface area (Å²) in [5, 5.41) is 6.96. The lowest BCUT2D eigenvalue weighted by Crippen LogP contribution is -2.04. The van der Waals surface area contributed by atoms with Crippen molar-refractivity contribution < 1.29 is 4.39 Å². The van der Waals surface area contributed by atoms with Gasteiger partial charge in [0.2, 0.25) is 0 Å². The number of halogens is 1. The molecule has 7 heteroatoms. The standard InChI is InChI=1S/C63H39FN6/c64-44-21-15-20-42(36-44)43-30-33-51(63-66-61(40-16-3-1-4-17-40)65-62(67-63)41-18-5-2-6-19-41)60(37-43)70-58-34-31-45(68-54-26-11-7-22-47(54)48-23-8-12-27-55(48)68)38-52(58)53-39-46(32-35-59(53)70)69-56-28-13-9-24-49(56)50-25-10-14-29-57(50)69/h1-39H. The van der Waals surface area contributed by atoms with Crippen molar-refractivity contribution in [3.8, 4) is 62.4 Å². The van der Waals surface area contributed by atoms with Gasteiger partial charge < -0.3 is 13.7 Å². The highest BCUT2D eigenvalue weighted by Crippen LogP contribution is 2.42. The summed E-state index contributed by atoms with van der Waals surface area (Å²) in [5.41, 5.74) is 13.7. The summed E-state index contributed by atoms with van der Waals surface area (Å²) in [6.07, 6.45) is 0. The molecule has 0 aliphatic carbocycles. The van der Waals surface area contributed by atoms with Crippen molar-refractivity contribution in [2.24, 2.45) is 0 Å². The Morgan fingerprint density at radius 1 is 0.271 bits per heavy atom. The lowest BCUT2D eigenvalue weighted by Gasteiger charge is -2.17. The molecule has 70 heavy (non-hydrogen) atoms. The van der Waals surface area contributed by atoms with E-state index in [1.165, 1.54) is 27.6 Å². The van der Waals surface area contributed by atoms with Gasteiger partial charge in [0.05, 0.1) is 38.8 Å². The Morgan fingerprint density at radius 3 is 1.14 bits per heavy atom. The fourth-order valence-electron chi connectivity index (χ4n) is 10.6. The van der Waals surface area contributed by atoms with Gasteiger partial charge in [0.15, 0.2) is 17.5 Å². The van der Waals surface area contributed by atoms with Crippen LogP contribution in [0.3, 0.4) is 0 Å². The Kier molecular flexibility index (Phi) is 8.97. The monoisotopic (exact) mass is 898 g/mol. The molecule has 0 unspecified atom stereocenters. The van der Waals surface area contributed by atoms with E-state index in [9.17, 15) is 0 Å². The Bertz CT molecular complexity index is 4040. The zero-order chi connectivity index (χ0) is 46.3. The third kappa shape index (κ3) is 6.29. The molecule has 0 saturated heterocycles. The van der Waals surface area contributed by atoms with E-state index in [2.05, 4.69) is 159 Å². The number of aromatic nitrogens is 6. The molecule has 0 saturated carbocycles. The fourth-order valence-corrected chi connectivity index (χ4v) is 10.6. The first-order valence-electron chi connectivity index (χ1n) is 23.5.